The number of rotatable bonds is 6. The highest BCUT2D eigenvalue weighted by Gasteiger charge is 2.24. The van der Waals surface area contributed by atoms with Crippen molar-refractivity contribution >= 4 is 28.6 Å². The summed E-state index contributed by atoms with van der Waals surface area (Å²) in [5.74, 6) is 2.32. The van der Waals surface area contributed by atoms with Crippen LogP contribution in [0.25, 0.3) is 0 Å². The van der Waals surface area contributed by atoms with Crippen molar-refractivity contribution in [2.75, 3.05) is 0 Å². The first-order chi connectivity index (χ1) is 14.3. The second-order valence-corrected chi connectivity index (χ2v) is 10.4. The van der Waals surface area contributed by atoms with E-state index in [0.717, 1.165) is 5.56 Å². The molecule has 0 aromatic heterocycles. The molecule has 0 spiro atoms. The molecule has 0 fully saturated rings. The third-order valence-corrected chi connectivity index (χ3v) is 9.35. The fourth-order valence-corrected chi connectivity index (χ4v) is 7.77. The van der Waals surface area contributed by atoms with Crippen LogP contribution in [-0.2, 0) is 0 Å². The zero-order valence-electron chi connectivity index (χ0n) is 16.3. The predicted octanol–water partition coefficient (Wildman–Crippen LogP) is 4.27. The SMILES string of the molecule is [O-]C(CC=P(c1ccccc1)(c1ccccc1)c1ccccc1)c1ccccc1. The van der Waals surface area contributed by atoms with E-state index in [-0.39, 0.29) is 0 Å². The normalized spacial score (nSPS) is 12.3. The second kappa shape index (κ2) is 9.09. The summed E-state index contributed by atoms with van der Waals surface area (Å²) in [5, 5.41) is 16.9. The molecule has 0 radical (unpaired) electrons. The molecule has 0 heterocycles. The first-order valence-corrected chi connectivity index (χ1v) is 11.8. The Hall–Kier alpha value is -2.86. The van der Waals surface area contributed by atoms with Gasteiger partial charge in [-0.2, -0.15) is 0 Å². The monoisotopic (exact) mass is 395 g/mol. The summed E-state index contributed by atoms with van der Waals surface area (Å²) in [7, 11) is 0. The highest BCUT2D eigenvalue weighted by Crippen LogP contribution is 2.44. The third-order valence-electron chi connectivity index (χ3n) is 5.26. The molecule has 4 aromatic carbocycles. The quantitative estimate of drug-likeness (QED) is 0.447. The zero-order valence-corrected chi connectivity index (χ0v) is 17.2. The maximum Gasteiger partial charge on any atom is -0.0163 e. The van der Waals surface area contributed by atoms with E-state index >= 15 is 0 Å². The Kier molecular flexibility index (Phi) is 6.10. The molecular weight excluding hydrogens is 371 g/mol. The Labute approximate surface area is 173 Å². The molecule has 0 bridgehead atoms. The smallest absolute Gasteiger partial charge is 0.0163 e. The summed E-state index contributed by atoms with van der Waals surface area (Å²) >= 11 is 0. The molecule has 0 saturated heterocycles. The minimum absolute atomic E-state index is 0.483. The van der Waals surface area contributed by atoms with Crippen molar-refractivity contribution in [2.24, 2.45) is 0 Å². The largest absolute Gasteiger partial charge is 0.848 e. The Bertz CT molecular complexity index is 971. The van der Waals surface area contributed by atoms with Crippen LogP contribution in [0.3, 0.4) is 0 Å². The lowest BCUT2D eigenvalue weighted by Crippen LogP contribution is -2.28. The highest BCUT2D eigenvalue weighted by atomic mass is 31.2. The number of benzene rings is 4. The molecule has 0 aliphatic rings. The summed E-state index contributed by atoms with van der Waals surface area (Å²) in [6, 6.07) is 41.6. The van der Waals surface area contributed by atoms with E-state index in [1.54, 1.807) is 0 Å². The van der Waals surface area contributed by atoms with Crippen molar-refractivity contribution in [3.63, 3.8) is 0 Å². The minimum atomic E-state index is -2.05. The average Bonchev–Trinajstić information content (AvgIpc) is 2.82. The third kappa shape index (κ3) is 4.12. The molecule has 2 heteroatoms. The van der Waals surface area contributed by atoms with Gasteiger partial charge in [-0.15, -0.1) is 0 Å². The molecule has 0 amide bonds. The van der Waals surface area contributed by atoms with Gasteiger partial charge in [-0.1, -0.05) is 139 Å². The van der Waals surface area contributed by atoms with Crippen LogP contribution in [0.1, 0.15) is 18.1 Å². The van der Waals surface area contributed by atoms with Crippen LogP contribution >= 0.6 is 6.89 Å². The molecular formula is C27H24OP-. The van der Waals surface area contributed by atoms with E-state index in [4.69, 9.17) is 0 Å². The first-order valence-electron chi connectivity index (χ1n) is 9.91. The molecule has 0 aliphatic heterocycles. The zero-order chi connectivity index (χ0) is 19.9. The Balaban J connectivity index is 1.93. The van der Waals surface area contributed by atoms with Crippen LogP contribution < -0.4 is 21.0 Å². The van der Waals surface area contributed by atoms with Gasteiger partial charge in [0.25, 0.3) is 0 Å². The van der Waals surface area contributed by atoms with Gasteiger partial charge >= 0.3 is 0 Å². The van der Waals surface area contributed by atoms with Crippen LogP contribution in [-0.4, -0.2) is 5.80 Å². The molecule has 4 rings (SSSR count). The topological polar surface area (TPSA) is 23.1 Å². The van der Waals surface area contributed by atoms with Gasteiger partial charge in [0.15, 0.2) is 0 Å². The summed E-state index contributed by atoms with van der Waals surface area (Å²) in [6.45, 7) is -2.05. The molecule has 0 N–H and O–H groups in total. The van der Waals surface area contributed by atoms with Gasteiger partial charge in [-0.25, -0.2) is 0 Å². The van der Waals surface area contributed by atoms with Crippen molar-refractivity contribution < 1.29 is 5.11 Å². The molecule has 0 saturated carbocycles. The minimum Gasteiger partial charge on any atom is -0.848 e. The van der Waals surface area contributed by atoms with Crippen molar-refractivity contribution in [2.45, 2.75) is 12.5 Å². The standard InChI is InChI=1S/C27H24OP/c28-27(23-13-5-1-6-14-23)21-22-29(24-15-7-2-8-16-24,25-17-9-3-10-18-25)26-19-11-4-12-20-26/h1-20,22,27H,21H2/q-1. The van der Waals surface area contributed by atoms with E-state index in [0.29, 0.717) is 6.42 Å². The maximum absolute atomic E-state index is 13.1. The molecule has 0 aliphatic carbocycles. The van der Waals surface area contributed by atoms with Crippen LogP contribution in [0.15, 0.2) is 121 Å². The van der Waals surface area contributed by atoms with Gasteiger partial charge in [0.05, 0.1) is 0 Å². The first kappa shape index (κ1) is 19.5. The van der Waals surface area contributed by atoms with Crippen LogP contribution in [0.5, 0.6) is 0 Å². The lowest BCUT2D eigenvalue weighted by atomic mass is 10.1. The lowest BCUT2D eigenvalue weighted by molar-refractivity contribution is -0.423. The second-order valence-electron chi connectivity index (χ2n) is 7.05. The van der Waals surface area contributed by atoms with Gasteiger partial charge in [0.2, 0.25) is 0 Å². The van der Waals surface area contributed by atoms with Crippen molar-refractivity contribution in [1.82, 2.24) is 0 Å². The van der Waals surface area contributed by atoms with Crippen LogP contribution in [0, 0.1) is 0 Å². The van der Waals surface area contributed by atoms with E-state index in [1.807, 2.05) is 30.3 Å². The van der Waals surface area contributed by atoms with Gasteiger partial charge in [0.1, 0.15) is 0 Å². The molecule has 1 nitrogen and oxygen atoms in total. The van der Waals surface area contributed by atoms with Crippen molar-refractivity contribution in [1.29, 1.82) is 0 Å². The Morgan fingerprint density at radius 2 is 0.897 bits per heavy atom. The molecule has 144 valence electrons. The summed E-state index contributed by atoms with van der Waals surface area (Å²) in [4.78, 5) is 0. The Morgan fingerprint density at radius 3 is 1.28 bits per heavy atom. The lowest BCUT2D eigenvalue weighted by Gasteiger charge is -2.31. The number of hydrogen-bond acceptors (Lipinski definition) is 1. The summed E-state index contributed by atoms with van der Waals surface area (Å²) < 4.78 is 0. The van der Waals surface area contributed by atoms with E-state index in [1.165, 1.54) is 15.9 Å². The van der Waals surface area contributed by atoms with Crippen molar-refractivity contribution in [3.05, 3.63) is 127 Å². The van der Waals surface area contributed by atoms with Crippen LogP contribution in [0.4, 0.5) is 0 Å². The molecule has 4 aromatic rings. The van der Waals surface area contributed by atoms with Gasteiger partial charge in [-0.3, -0.25) is 0 Å². The predicted molar refractivity (Wildman–Crippen MR) is 125 cm³/mol. The Morgan fingerprint density at radius 1 is 0.552 bits per heavy atom. The fraction of sp³-hybridized carbons (Fsp3) is 0.0741. The van der Waals surface area contributed by atoms with Gasteiger partial charge < -0.3 is 5.11 Å². The van der Waals surface area contributed by atoms with Crippen molar-refractivity contribution in [3.8, 4) is 0 Å². The summed E-state index contributed by atoms with van der Waals surface area (Å²) in [6.07, 6.45) is -0.289. The molecule has 1 atom stereocenters. The molecule has 1 unspecified atom stereocenters. The van der Waals surface area contributed by atoms with Gasteiger partial charge in [0, 0.05) is 0 Å². The summed E-state index contributed by atoms with van der Waals surface area (Å²) in [5.41, 5.74) is 0.844. The molecule has 29 heavy (non-hydrogen) atoms. The van der Waals surface area contributed by atoms with Gasteiger partial charge in [-0.05, 0) is 29.2 Å². The van der Waals surface area contributed by atoms with E-state index in [9.17, 15) is 5.11 Å². The number of hydrogen-bond donors (Lipinski definition) is 0. The fourth-order valence-electron chi connectivity index (χ4n) is 3.81. The van der Waals surface area contributed by atoms with E-state index < -0.39 is 13.0 Å². The van der Waals surface area contributed by atoms with Crippen LogP contribution in [0.2, 0.25) is 0 Å². The van der Waals surface area contributed by atoms with E-state index in [2.05, 4.69) is 96.8 Å². The maximum atomic E-state index is 13.1. The highest BCUT2D eigenvalue weighted by molar-refractivity contribution is 7.94. The average molecular weight is 395 g/mol.